The summed E-state index contributed by atoms with van der Waals surface area (Å²) in [7, 11) is 0. The molecule has 3 heteroatoms. The number of nitrogens with zero attached hydrogens (tertiary/aromatic N) is 1. The number of piperidine rings is 1. The summed E-state index contributed by atoms with van der Waals surface area (Å²) in [5, 5.41) is 0. The van der Waals surface area contributed by atoms with Crippen molar-refractivity contribution in [3.8, 4) is 0 Å². The minimum atomic E-state index is -0.427. The third-order valence-electron chi connectivity index (χ3n) is 7.47. The number of likely N-dealkylation sites (tertiary alicyclic amines) is 1. The van der Waals surface area contributed by atoms with E-state index in [0.29, 0.717) is 18.2 Å². The van der Waals surface area contributed by atoms with Crippen molar-refractivity contribution < 1.29 is 9.59 Å². The van der Waals surface area contributed by atoms with Crippen molar-refractivity contribution in [2.75, 3.05) is 6.54 Å². The van der Waals surface area contributed by atoms with Crippen molar-refractivity contribution in [1.29, 1.82) is 0 Å². The predicted molar refractivity (Wildman–Crippen MR) is 82.8 cm³/mol. The van der Waals surface area contributed by atoms with Crippen LogP contribution in [0.15, 0.2) is 0 Å². The lowest BCUT2D eigenvalue weighted by Crippen LogP contribution is -2.53. The smallest absolute Gasteiger partial charge is 0.230 e. The van der Waals surface area contributed by atoms with E-state index < -0.39 is 5.41 Å². The molecule has 118 valence electrons. The number of hydrogen-bond acceptors (Lipinski definition) is 2. The Bertz CT molecular complexity index is 484. The molecule has 1 saturated heterocycles. The Morgan fingerprint density at radius 1 is 1.24 bits per heavy atom. The van der Waals surface area contributed by atoms with Gasteiger partial charge >= 0.3 is 0 Å². The average Bonchev–Trinajstić information content (AvgIpc) is 2.76. The Morgan fingerprint density at radius 3 is 2.48 bits per heavy atom. The molecule has 0 spiro atoms. The van der Waals surface area contributed by atoms with Gasteiger partial charge in [0, 0.05) is 24.4 Å². The molecular weight excluding hydrogens is 262 g/mol. The van der Waals surface area contributed by atoms with Crippen LogP contribution in [0.4, 0.5) is 0 Å². The van der Waals surface area contributed by atoms with E-state index in [9.17, 15) is 9.59 Å². The lowest BCUT2D eigenvalue weighted by atomic mass is 9.64. The predicted octanol–water partition coefficient (Wildman–Crippen LogP) is 3.56. The molecule has 0 unspecified atom stereocenters. The summed E-state index contributed by atoms with van der Waals surface area (Å²) < 4.78 is 0. The lowest BCUT2D eigenvalue weighted by Gasteiger charge is -2.45. The van der Waals surface area contributed by atoms with Crippen LogP contribution in [0.25, 0.3) is 0 Å². The van der Waals surface area contributed by atoms with E-state index in [1.54, 1.807) is 0 Å². The van der Waals surface area contributed by atoms with Gasteiger partial charge in [0.15, 0.2) is 0 Å². The van der Waals surface area contributed by atoms with Gasteiger partial charge in [-0.25, -0.2) is 0 Å². The summed E-state index contributed by atoms with van der Waals surface area (Å²) in [6.07, 6.45) is 6.77. The van der Waals surface area contributed by atoms with Crippen molar-refractivity contribution in [2.45, 2.75) is 78.7 Å². The number of carbonyl (C=O) groups excluding carboxylic acids is 2. The second-order valence-electron chi connectivity index (χ2n) is 8.20. The highest BCUT2D eigenvalue weighted by atomic mass is 16.2. The first-order valence-electron chi connectivity index (χ1n) is 8.64. The summed E-state index contributed by atoms with van der Waals surface area (Å²) in [6.45, 7) is 9.48. The number of amides is 1. The zero-order chi connectivity index (χ0) is 15.5. The minimum Gasteiger partial charge on any atom is -0.339 e. The van der Waals surface area contributed by atoms with Crippen LogP contribution in [-0.2, 0) is 9.59 Å². The molecule has 3 atom stereocenters. The second-order valence-corrected chi connectivity index (χ2v) is 8.20. The molecule has 2 aliphatic carbocycles. The molecule has 1 heterocycles. The summed E-state index contributed by atoms with van der Waals surface area (Å²) in [6, 6.07) is 0.388. The van der Waals surface area contributed by atoms with Gasteiger partial charge < -0.3 is 4.90 Å². The summed E-state index contributed by atoms with van der Waals surface area (Å²) >= 11 is 0. The first-order valence-corrected chi connectivity index (χ1v) is 8.64. The van der Waals surface area contributed by atoms with E-state index in [0.717, 1.165) is 38.6 Å². The number of hydrogen-bond donors (Lipinski definition) is 0. The number of rotatable bonds is 2. The van der Waals surface area contributed by atoms with Crippen LogP contribution in [0.5, 0.6) is 0 Å². The standard InChI is InChI=1S/C18H29NO2/c1-5-13-8-6-7-11-19(13)15(21)18-10-9-17(4,14(20)12-18)16(18,2)3/h13H,5-12H2,1-4H3/t13-,17+,18-/m0/s1. The van der Waals surface area contributed by atoms with E-state index in [-0.39, 0.29) is 16.7 Å². The number of Topliss-reactive ketones (excluding diaryl/α,β-unsaturated/α-hetero) is 1. The molecule has 0 aromatic rings. The van der Waals surface area contributed by atoms with Crippen LogP contribution >= 0.6 is 0 Å². The van der Waals surface area contributed by atoms with Gasteiger partial charge in [-0.3, -0.25) is 9.59 Å². The molecule has 0 aromatic heterocycles. The molecule has 21 heavy (non-hydrogen) atoms. The highest BCUT2D eigenvalue weighted by Crippen LogP contribution is 2.71. The third-order valence-corrected chi connectivity index (χ3v) is 7.47. The highest BCUT2D eigenvalue weighted by Gasteiger charge is 2.73. The number of ketones is 1. The van der Waals surface area contributed by atoms with Gasteiger partial charge in [-0.1, -0.05) is 27.7 Å². The van der Waals surface area contributed by atoms with Crippen LogP contribution in [0.3, 0.4) is 0 Å². The van der Waals surface area contributed by atoms with E-state index >= 15 is 0 Å². The van der Waals surface area contributed by atoms with Crippen molar-refractivity contribution in [3.63, 3.8) is 0 Å². The first kappa shape index (κ1) is 15.1. The minimum absolute atomic E-state index is 0.204. The number of fused-ring (bicyclic) bond motifs is 2. The monoisotopic (exact) mass is 291 g/mol. The van der Waals surface area contributed by atoms with Gasteiger partial charge in [0.25, 0.3) is 0 Å². The van der Waals surface area contributed by atoms with Gasteiger partial charge in [0.2, 0.25) is 5.91 Å². The molecule has 2 saturated carbocycles. The molecule has 0 radical (unpaired) electrons. The van der Waals surface area contributed by atoms with Gasteiger partial charge in [-0.2, -0.15) is 0 Å². The van der Waals surface area contributed by atoms with Crippen LogP contribution in [0, 0.1) is 16.2 Å². The summed E-state index contributed by atoms with van der Waals surface area (Å²) in [5.74, 6) is 0.603. The molecule has 3 rings (SSSR count). The van der Waals surface area contributed by atoms with E-state index in [1.807, 2.05) is 0 Å². The van der Waals surface area contributed by atoms with Crippen LogP contribution in [0.2, 0.25) is 0 Å². The van der Waals surface area contributed by atoms with Crippen LogP contribution < -0.4 is 0 Å². The van der Waals surface area contributed by atoms with Gasteiger partial charge in [0.1, 0.15) is 5.78 Å². The SMILES string of the molecule is CC[C@H]1CCCCN1C(=O)[C@]12CC[C@](C)(C(=O)C1)C2(C)C. The Balaban J connectivity index is 1.96. The lowest BCUT2D eigenvalue weighted by molar-refractivity contribution is -0.151. The molecule has 3 fully saturated rings. The van der Waals surface area contributed by atoms with E-state index in [1.165, 1.54) is 6.42 Å². The molecule has 0 aromatic carbocycles. The largest absolute Gasteiger partial charge is 0.339 e. The Kier molecular flexibility index (Phi) is 3.27. The topological polar surface area (TPSA) is 37.4 Å². The fourth-order valence-corrected chi connectivity index (χ4v) is 5.30. The summed E-state index contributed by atoms with van der Waals surface area (Å²) in [4.78, 5) is 28.1. The van der Waals surface area contributed by atoms with Crippen LogP contribution in [0.1, 0.15) is 72.6 Å². The second kappa shape index (κ2) is 4.57. The van der Waals surface area contributed by atoms with Crippen molar-refractivity contribution >= 4 is 11.7 Å². The Morgan fingerprint density at radius 2 is 1.95 bits per heavy atom. The van der Waals surface area contributed by atoms with Crippen molar-refractivity contribution in [3.05, 3.63) is 0 Å². The molecule has 0 N–H and O–H groups in total. The highest BCUT2D eigenvalue weighted by molar-refractivity contribution is 5.99. The number of carbonyl (C=O) groups is 2. The van der Waals surface area contributed by atoms with Crippen molar-refractivity contribution in [1.82, 2.24) is 4.90 Å². The molecule has 1 amide bonds. The zero-order valence-corrected chi connectivity index (χ0v) is 14.0. The van der Waals surface area contributed by atoms with Gasteiger partial charge in [-0.05, 0) is 43.9 Å². The van der Waals surface area contributed by atoms with Gasteiger partial charge in [0.05, 0.1) is 5.41 Å². The fraction of sp³-hybridized carbons (Fsp3) is 0.889. The average molecular weight is 291 g/mol. The normalized spacial score (nSPS) is 41.6. The molecule has 3 aliphatic rings. The van der Waals surface area contributed by atoms with E-state index in [4.69, 9.17) is 0 Å². The Hall–Kier alpha value is -0.860. The maximum Gasteiger partial charge on any atom is 0.230 e. The third kappa shape index (κ3) is 1.66. The summed E-state index contributed by atoms with van der Waals surface area (Å²) in [5.41, 5.74) is -0.923. The van der Waals surface area contributed by atoms with E-state index in [2.05, 4.69) is 32.6 Å². The van der Waals surface area contributed by atoms with Crippen molar-refractivity contribution in [2.24, 2.45) is 16.2 Å². The quantitative estimate of drug-likeness (QED) is 0.780. The first-order chi connectivity index (χ1) is 9.80. The van der Waals surface area contributed by atoms with Crippen LogP contribution in [-0.4, -0.2) is 29.2 Å². The molecular formula is C18H29NO2. The zero-order valence-electron chi connectivity index (χ0n) is 14.0. The molecule has 3 nitrogen and oxygen atoms in total. The maximum atomic E-state index is 13.4. The fourth-order valence-electron chi connectivity index (χ4n) is 5.30. The maximum absolute atomic E-state index is 13.4. The molecule has 1 aliphatic heterocycles. The van der Waals surface area contributed by atoms with Gasteiger partial charge in [-0.15, -0.1) is 0 Å². The molecule has 2 bridgehead atoms. The Labute approximate surface area is 128 Å².